The van der Waals surface area contributed by atoms with Crippen LogP contribution in [0.15, 0.2) is 24.3 Å². The summed E-state index contributed by atoms with van der Waals surface area (Å²) in [5, 5.41) is 2.21. The summed E-state index contributed by atoms with van der Waals surface area (Å²) in [5.74, 6) is -5.90. The molecular weight excluding hydrogens is 337 g/mol. The molecule has 0 fully saturated rings. The average molecular weight is 355 g/mol. The molecule has 0 heterocycles. The highest BCUT2D eigenvalue weighted by atomic mass is 19.1. The van der Waals surface area contributed by atoms with Gasteiger partial charge in [-0.15, -0.1) is 0 Å². The molecule has 1 aromatic rings. The molecule has 0 bridgehead atoms. The molecule has 0 radical (unpaired) electrons. The van der Waals surface area contributed by atoms with Crippen LogP contribution in [0.1, 0.15) is 16.8 Å². The minimum Gasteiger partial charge on any atom is -0.469 e. The SMILES string of the molecule is COC(=O)C[C@@H](C(=O)OC)[C@H](NC(=O)c1ccccc1F)C(=O)OC. The third kappa shape index (κ3) is 5.27. The number of esters is 3. The summed E-state index contributed by atoms with van der Waals surface area (Å²) in [6.07, 6.45) is -0.541. The summed E-state index contributed by atoms with van der Waals surface area (Å²) in [6, 6.07) is 3.51. The van der Waals surface area contributed by atoms with E-state index in [1.54, 1.807) is 0 Å². The van der Waals surface area contributed by atoms with Crippen molar-refractivity contribution in [2.45, 2.75) is 12.5 Å². The summed E-state index contributed by atoms with van der Waals surface area (Å²) in [5.41, 5.74) is -0.335. The lowest BCUT2D eigenvalue weighted by molar-refractivity contribution is -0.158. The van der Waals surface area contributed by atoms with Gasteiger partial charge in [-0.3, -0.25) is 14.4 Å². The van der Waals surface area contributed by atoms with Crippen LogP contribution in [0.4, 0.5) is 4.39 Å². The van der Waals surface area contributed by atoms with Gasteiger partial charge in [-0.1, -0.05) is 12.1 Å². The Labute approximate surface area is 143 Å². The summed E-state index contributed by atoms with van der Waals surface area (Å²) in [7, 11) is 3.19. The van der Waals surface area contributed by atoms with Gasteiger partial charge in [-0.2, -0.15) is 0 Å². The van der Waals surface area contributed by atoms with Crippen LogP contribution >= 0.6 is 0 Å². The van der Waals surface area contributed by atoms with E-state index in [4.69, 9.17) is 0 Å². The topological polar surface area (TPSA) is 108 Å². The van der Waals surface area contributed by atoms with E-state index in [2.05, 4.69) is 19.5 Å². The third-order valence-corrected chi connectivity index (χ3v) is 3.38. The highest BCUT2D eigenvalue weighted by molar-refractivity contribution is 5.98. The first-order valence-corrected chi connectivity index (χ1v) is 7.13. The smallest absolute Gasteiger partial charge is 0.329 e. The molecule has 0 aliphatic heterocycles. The monoisotopic (exact) mass is 355 g/mol. The van der Waals surface area contributed by atoms with E-state index in [1.807, 2.05) is 0 Å². The number of methoxy groups -OCH3 is 3. The summed E-state index contributed by atoms with van der Waals surface area (Å²) >= 11 is 0. The van der Waals surface area contributed by atoms with E-state index in [0.29, 0.717) is 0 Å². The van der Waals surface area contributed by atoms with Gasteiger partial charge < -0.3 is 19.5 Å². The second-order valence-electron chi connectivity index (χ2n) is 4.86. The van der Waals surface area contributed by atoms with E-state index in [-0.39, 0.29) is 5.56 Å². The number of carbonyl (C=O) groups is 4. The Morgan fingerprint density at radius 2 is 1.60 bits per heavy atom. The van der Waals surface area contributed by atoms with Crippen molar-refractivity contribution in [3.8, 4) is 0 Å². The van der Waals surface area contributed by atoms with E-state index in [0.717, 1.165) is 27.4 Å². The van der Waals surface area contributed by atoms with Gasteiger partial charge in [0.05, 0.1) is 39.2 Å². The first-order valence-electron chi connectivity index (χ1n) is 7.13. The van der Waals surface area contributed by atoms with Gasteiger partial charge in [0.25, 0.3) is 5.91 Å². The molecule has 0 saturated heterocycles. The molecule has 1 rings (SSSR count). The normalized spacial score (nSPS) is 12.5. The molecule has 0 spiro atoms. The zero-order valence-corrected chi connectivity index (χ0v) is 13.9. The van der Waals surface area contributed by atoms with Crippen LogP contribution in [0, 0.1) is 11.7 Å². The number of carbonyl (C=O) groups excluding carboxylic acids is 4. The molecule has 0 unspecified atom stereocenters. The maximum Gasteiger partial charge on any atom is 0.329 e. The maximum atomic E-state index is 13.7. The van der Waals surface area contributed by atoms with Gasteiger partial charge >= 0.3 is 17.9 Å². The number of halogens is 1. The Morgan fingerprint density at radius 3 is 2.12 bits per heavy atom. The van der Waals surface area contributed by atoms with Crippen molar-refractivity contribution >= 4 is 23.8 Å². The summed E-state index contributed by atoms with van der Waals surface area (Å²) in [4.78, 5) is 47.7. The standard InChI is InChI=1S/C16H18FNO7/c1-23-12(19)8-10(15(21)24-2)13(16(22)25-3)18-14(20)9-6-4-5-7-11(9)17/h4-7,10,13H,8H2,1-3H3,(H,18,20)/t10-,13+/m1/s1. The molecular formula is C16H18FNO7. The predicted octanol–water partition coefficient (Wildman–Crippen LogP) is 0.449. The van der Waals surface area contributed by atoms with Gasteiger partial charge in [-0.05, 0) is 12.1 Å². The second kappa shape index (κ2) is 9.36. The lowest BCUT2D eigenvalue weighted by Gasteiger charge is -2.23. The van der Waals surface area contributed by atoms with Crippen LogP contribution in [0.3, 0.4) is 0 Å². The van der Waals surface area contributed by atoms with E-state index in [9.17, 15) is 23.6 Å². The molecule has 0 aliphatic rings. The largest absolute Gasteiger partial charge is 0.469 e. The highest BCUT2D eigenvalue weighted by Crippen LogP contribution is 2.16. The minimum atomic E-state index is -1.57. The first-order chi connectivity index (χ1) is 11.8. The molecule has 0 saturated carbocycles. The van der Waals surface area contributed by atoms with Crippen LogP contribution < -0.4 is 5.32 Å². The van der Waals surface area contributed by atoms with E-state index in [1.165, 1.54) is 18.2 Å². The van der Waals surface area contributed by atoms with Crippen LogP contribution in [0.5, 0.6) is 0 Å². The summed E-state index contributed by atoms with van der Waals surface area (Å²) in [6.45, 7) is 0. The van der Waals surface area contributed by atoms with Crippen molar-refractivity contribution in [2.75, 3.05) is 21.3 Å². The Hall–Kier alpha value is -2.97. The molecule has 2 atom stereocenters. The molecule has 136 valence electrons. The van der Waals surface area contributed by atoms with Crippen LogP contribution in [0.2, 0.25) is 0 Å². The fourth-order valence-electron chi connectivity index (χ4n) is 2.07. The number of hydrogen-bond donors (Lipinski definition) is 1. The minimum absolute atomic E-state index is 0.335. The van der Waals surface area contributed by atoms with Crippen LogP contribution in [-0.4, -0.2) is 51.2 Å². The molecule has 1 N–H and O–H groups in total. The van der Waals surface area contributed by atoms with Crippen LogP contribution in [-0.2, 0) is 28.6 Å². The predicted molar refractivity (Wildman–Crippen MR) is 81.8 cm³/mol. The Kier molecular flexibility index (Phi) is 7.51. The Balaban J connectivity index is 3.14. The molecule has 0 aromatic heterocycles. The van der Waals surface area contributed by atoms with Crippen molar-refractivity contribution < 1.29 is 37.8 Å². The molecule has 1 amide bonds. The number of benzene rings is 1. The lowest BCUT2D eigenvalue weighted by atomic mass is 9.95. The van der Waals surface area contributed by atoms with E-state index >= 15 is 0 Å². The number of hydrogen-bond acceptors (Lipinski definition) is 7. The fraction of sp³-hybridized carbons (Fsp3) is 0.375. The van der Waals surface area contributed by atoms with Crippen LogP contribution in [0.25, 0.3) is 0 Å². The molecule has 25 heavy (non-hydrogen) atoms. The number of ether oxygens (including phenoxy) is 3. The van der Waals surface area contributed by atoms with Gasteiger partial charge in [0.15, 0.2) is 0 Å². The fourth-order valence-corrected chi connectivity index (χ4v) is 2.07. The quantitative estimate of drug-likeness (QED) is 0.559. The molecule has 9 heteroatoms. The second-order valence-corrected chi connectivity index (χ2v) is 4.86. The zero-order chi connectivity index (χ0) is 19.0. The van der Waals surface area contributed by atoms with Crippen molar-refractivity contribution in [3.05, 3.63) is 35.6 Å². The third-order valence-electron chi connectivity index (χ3n) is 3.38. The van der Waals surface area contributed by atoms with Crippen molar-refractivity contribution in [2.24, 2.45) is 5.92 Å². The van der Waals surface area contributed by atoms with Gasteiger partial charge in [0, 0.05) is 0 Å². The van der Waals surface area contributed by atoms with Crippen molar-refractivity contribution in [3.63, 3.8) is 0 Å². The zero-order valence-electron chi connectivity index (χ0n) is 13.9. The number of nitrogens with one attached hydrogen (secondary N) is 1. The molecule has 1 aromatic carbocycles. The highest BCUT2D eigenvalue weighted by Gasteiger charge is 2.39. The lowest BCUT2D eigenvalue weighted by Crippen LogP contribution is -2.50. The van der Waals surface area contributed by atoms with Gasteiger partial charge in [-0.25, -0.2) is 9.18 Å². The van der Waals surface area contributed by atoms with Crippen molar-refractivity contribution in [1.82, 2.24) is 5.32 Å². The first kappa shape index (κ1) is 20.1. The van der Waals surface area contributed by atoms with Gasteiger partial charge in [0.2, 0.25) is 0 Å². The Morgan fingerprint density at radius 1 is 1.00 bits per heavy atom. The molecule has 0 aliphatic carbocycles. The molecule has 8 nitrogen and oxygen atoms in total. The number of rotatable bonds is 7. The van der Waals surface area contributed by atoms with E-state index < -0.39 is 48.0 Å². The van der Waals surface area contributed by atoms with Gasteiger partial charge in [0.1, 0.15) is 11.9 Å². The Bertz CT molecular complexity index is 662. The summed E-state index contributed by atoms with van der Waals surface area (Å²) < 4.78 is 27.3. The maximum absolute atomic E-state index is 13.7. The number of amides is 1. The average Bonchev–Trinajstić information content (AvgIpc) is 2.63. The van der Waals surface area contributed by atoms with Crippen molar-refractivity contribution in [1.29, 1.82) is 0 Å².